The Morgan fingerprint density at radius 2 is 1.77 bits per heavy atom. The van der Waals surface area contributed by atoms with Gasteiger partial charge in [-0.2, -0.15) is 0 Å². The van der Waals surface area contributed by atoms with E-state index in [1.807, 2.05) is 6.08 Å². The molecule has 0 aromatic carbocycles. The van der Waals surface area contributed by atoms with E-state index < -0.39 is 0 Å². The molecule has 0 aliphatic carbocycles. The maximum absolute atomic E-state index is 4.07. The molecule has 0 nitrogen and oxygen atoms in total. The zero-order valence-corrected chi connectivity index (χ0v) is 9.28. The molecule has 0 saturated heterocycles. The lowest BCUT2D eigenvalue weighted by Gasteiger charge is -2.09. The SMILES string of the molecule is C=CC=C(C)C(=C)C(C)=C(C)CC. The van der Waals surface area contributed by atoms with Gasteiger partial charge in [-0.15, -0.1) is 0 Å². The second kappa shape index (κ2) is 5.58. The number of hydrogen-bond donors (Lipinski definition) is 0. The van der Waals surface area contributed by atoms with Crippen molar-refractivity contribution in [1.82, 2.24) is 0 Å². The average Bonchev–Trinajstić information content (AvgIpc) is 2.14. The molecule has 0 spiro atoms. The molecule has 0 amide bonds. The highest BCUT2D eigenvalue weighted by Gasteiger charge is 2.01. The van der Waals surface area contributed by atoms with Gasteiger partial charge in [0, 0.05) is 0 Å². The lowest BCUT2D eigenvalue weighted by molar-refractivity contribution is 1.06. The molecule has 0 N–H and O–H groups in total. The van der Waals surface area contributed by atoms with Crippen LogP contribution in [0.25, 0.3) is 0 Å². The highest BCUT2D eigenvalue weighted by Crippen LogP contribution is 2.21. The van der Waals surface area contributed by atoms with Gasteiger partial charge >= 0.3 is 0 Å². The van der Waals surface area contributed by atoms with Crippen LogP contribution in [-0.4, -0.2) is 0 Å². The third kappa shape index (κ3) is 3.45. The van der Waals surface area contributed by atoms with Crippen LogP contribution >= 0.6 is 0 Å². The minimum absolute atomic E-state index is 1.09. The molecule has 0 bridgehead atoms. The minimum Gasteiger partial charge on any atom is -0.0991 e. The summed E-state index contributed by atoms with van der Waals surface area (Å²) >= 11 is 0. The molecule has 0 aliphatic heterocycles. The van der Waals surface area contributed by atoms with Gasteiger partial charge in [0.25, 0.3) is 0 Å². The molecular formula is C13H20. The van der Waals surface area contributed by atoms with E-state index in [-0.39, 0.29) is 0 Å². The Kier molecular flexibility index (Phi) is 5.13. The second-order valence-corrected chi connectivity index (χ2v) is 3.32. The predicted molar refractivity (Wildman–Crippen MR) is 61.8 cm³/mol. The fourth-order valence-corrected chi connectivity index (χ4v) is 1.10. The first-order valence-corrected chi connectivity index (χ1v) is 4.69. The molecule has 0 fully saturated rings. The molecule has 0 rings (SSSR count). The van der Waals surface area contributed by atoms with E-state index in [4.69, 9.17) is 0 Å². The average molecular weight is 176 g/mol. The zero-order chi connectivity index (χ0) is 10.4. The zero-order valence-electron chi connectivity index (χ0n) is 9.28. The smallest absolute Gasteiger partial charge is 0.0271 e. The van der Waals surface area contributed by atoms with Crippen LogP contribution in [0.15, 0.2) is 47.6 Å². The second-order valence-electron chi connectivity index (χ2n) is 3.32. The minimum atomic E-state index is 1.09. The third-order valence-corrected chi connectivity index (χ3v) is 2.47. The van der Waals surface area contributed by atoms with Crippen LogP contribution < -0.4 is 0 Å². The summed E-state index contributed by atoms with van der Waals surface area (Å²) in [4.78, 5) is 0. The molecule has 0 unspecified atom stereocenters. The van der Waals surface area contributed by atoms with E-state index in [2.05, 4.69) is 40.9 Å². The maximum atomic E-state index is 4.07. The Hall–Kier alpha value is -1.04. The number of rotatable bonds is 4. The van der Waals surface area contributed by atoms with Gasteiger partial charge in [0.05, 0.1) is 0 Å². The van der Waals surface area contributed by atoms with Crippen LogP contribution in [0.1, 0.15) is 34.1 Å². The third-order valence-electron chi connectivity index (χ3n) is 2.47. The largest absolute Gasteiger partial charge is 0.0991 e. The van der Waals surface area contributed by atoms with Crippen molar-refractivity contribution >= 4 is 0 Å². The van der Waals surface area contributed by atoms with Crippen molar-refractivity contribution in [3.63, 3.8) is 0 Å². The normalized spacial score (nSPS) is 13.7. The van der Waals surface area contributed by atoms with E-state index in [1.165, 1.54) is 16.7 Å². The predicted octanol–water partition coefficient (Wildman–Crippen LogP) is 4.42. The first-order chi connectivity index (χ1) is 6.04. The van der Waals surface area contributed by atoms with Crippen molar-refractivity contribution in [2.75, 3.05) is 0 Å². The quantitative estimate of drug-likeness (QED) is 0.556. The summed E-state index contributed by atoms with van der Waals surface area (Å²) in [6.07, 6.45) is 4.88. The highest BCUT2D eigenvalue weighted by molar-refractivity contribution is 5.45. The van der Waals surface area contributed by atoms with Crippen LogP contribution in [0.2, 0.25) is 0 Å². The summed E-state index contributed by atoms with van der Waals surface area (Å²) in [5.74, 6) is 0. The van der Waals surface area contributed by atoms with Crippen molar-refractivity contribution in [2.24, 2.45) is 0 Å². The van der Waals surface area contributed by atoms with Gasteiger partial charge in [-0.05, 0) is 43.9 Å². The van der Waals surface area contributed by atoms with Crippen molar-refractivity contribution < 1.29 is 0 Å². The molecule has 0 heteroatoms. The fraction of sp³-hybridized carbons (Fsp3) is 0.385. The van der Waals surface area contributed by atoms with Crippen molar-refractivity contribution in [3.8, 4) is 0 Å². The fourth-order valence-electron chi connectivity index (χ4n) is 1.10. The molecular weight excluding hydrogens is 156 g/mol. The molecule has 72 valence electrons. The molecule has 0 radical (unpaired) electrons. The topological polar surface area (TPSA) is 0 Å². The lowest BCUT2D eigenvalue weighted by atomic mass is 9.96. The summed E-state index contributed by atoms with van der Waals surface area (Å²) in [7, 11) is 0. The molecule has 0 atom stereocenters. The first-order valence-electron chi connectivity index (χ1n) is 4.69. The Balaban J connectivity index is 4.81. The number of allylic oxidation sites excluding steroid dienone is 6. The molecule has 0 aliphatic rings. The van der Waals surface area contributed by atoms with Gasteiger partial charge in [0.2, 0.25) is 0 Å². The van der Waals surface area contributed by atoms with E-state index >= 15 is 0 Å². The van der Waals surface area contributed by atoms with Crippen LogP contribution in [-0.2, 0) is 0 Å². The Labute approximate surface area is 82.4 Å². The first kappa shape index (κ1) is 12.0. The Morgan fingerprint density at radius 3 is 2.15 bits per heavy atom. The Morgan fingerprint density at radius 1 is 1.23 bits per heavy atom. The molecule has 0 aromatic heterocycles. The van der Waals surface area contributed by atoms with Gasteiger partial charge in [-0.1, -0.05) is 37.8 Å². The Bertz CT molecular complexity index is 262. The van der Waals surface area contributed by atoms with E-state index in [1.54, 1.807) is 6.08 Å². The van der Waals surface area contributed by atoms with Crippen LogP contribution in [0.4, 0.5) is 0 Å². The van der Waals surface area contributed by atoms with Crippen molar-refractivity contribution in [3.05, 3.63) is 47.6 Å². The summed E-state index contributed by atoms with van der Waals surface area (Å²) in [5, 5.41) is 0. The van der Waals surface area contributed by atoms with Gasteiger partial charge < -0.3 is 0 Å². The van der Waals surface area contributed by atoms with Gasteiger partial charge in [-0.25, -0.2) is 0 Å². The molecule has 13 heavy (non-hydrogen) atoms. The van der Waals surface area contributed by atoms with Crippen LogP contribution in [0.3, 0.4) is 0 Å². The van der Waals surface area contributed by atoms with Crippen LogP contribution in [0.5, 0.6) is 0 Å². The molecule has 0 aromatic rings. The van der Waals surface area contributed by atoms with Crippen molar-refractivity contribution in [1.29, 1.82) is 0 Å². The summed E-state index contributed by atoms with van der Waals surface area (Å²) in [6, 6.07) is 0. The van der Waals surface area contributed by atoms with Gasteiger partial charge in [0.1, 0.15) is 0 Å². The monoisotopic (exact) mass is 176 g/mol. The molecule has 0 heterocycles. The summed E-state index contributed by atoms with van der Waals surface area (Å²) in [5.41, 5.74) is 5.03. The highest BCUT2D eigenvalue weighted by atomic mass is 14.1. The lowest BCUT2D eigenvalue weighted by Crippen LogP contribution is -1.89. The van der Waals surface area contributed by atoms with E-state index in [9.17, 15) is 0 Å². The van der Waals surface area contributed by atoms with Crippen molar-refractivity contribution in [2.45, 2.75) is 34.1 Å². The number of hydrogen-bond acceptors (Lipinski definition) is 0. The van der Waals surface area contributed by atoms with Gasteiger partial charge in [0.15, 0.2) is 0 Å². The standard InChI is InChI=1S/C13H20/c1-7-9-11(4)13(6)12(5)10(3)8-2/h7,9H,1,6,8H2,2-5H3. The van der Waals surface area contributed by atoms with E-state index in [0.717, 1.165) is 12.0 Å². The van der Waals surface area contributed by atoms with E-state index in [0.29, 0.717) is 0 Å². The summed E-state index contributed by atoms with van der Waals surface area (Å²) < 4.78 is 0. The van der Waals surface area contributed by atoms with Gasteiger partial charge in [-0.3, -0.25) is 0 Å². The maximum Gasteiger partial charge on any atom is -0.0271 e. The summed E-state index contributed by atoms with van der Waals surface area (Å²) in [6.45, 7) is 16.3. The van der Waals surface area contributed by atoms with Crippen LogP contribution in [0, 0.1) is 0 Å². The molecule has 0 saturated carbocycles.